The molecular formula is C26H18ClN3O3. The summed E-state index contributed by atoms with van der Waals surface area (Å²) in [6, 6.07) is 22.7. The summed E-state index contributed by atoms with van der Waals surface area (Å²) in [7, 11) is 0. The summed E-state index contributed by atoms with van der Waals surface area (Å²) in [6.07, 6.45) is 0. The summed E-state index contributed by atoms with van der Waals surface area (Å²) in [4.78, 5) is 39.4. The molecule has 1 heterocycles. The molecular weight excluding hydrogens is 438 g/mol. The van der Waals surface area contributed by atoms with Crippen molar-refractivity contribution in [2.45, 2.75) is 6.92 Å². The van der Waals surface area contributed by atoms with E-state index in [0.717, 1.165) is 15.7 Å². The molecule has 33 heavy (non-hydrogen) atoms. The number of nitrogens with zero attached hydrogens (tertiary/aromatic N) is 1. The topological polar surface area (TPSA) is 78.5 Å². The molecule has 1 aliphatic rings. The number of anilines is 3. The predicted octanol–water partition coefficient (Wildman–Crippen LogP) is 6.25. The predicted molar refractivity (Wildman–Crippen MR) is 130 cm³/mol. The van der Waals surface area contributed by atoms with Gasteiger partial charge in [-0.15, -0.1) is 0 Å². The normalized spacial score (nSPS) is 12.7. The number of hydrogen-bond acceptors (Lipinski definition) is 3. The average molecular weight is 456 g/mol. The molecule has 5 rings (SSSR count). The first-order valence-corrected chi connectivity index (χ1v) is 10.6. The van der Waals surface area contributed by atoms with Gasteiger partial charge in [-0.05, 0) is 60.3 Å². The van der Waals surface area contributed by atoms with Crippen molar-refractivity contribution in [3.05, 3.63) is 101 Å². The first-order chi connectivity index (χ1) is 15.9. The van der Waals surface area contributed by atoms with Gasteiger partial charge in [0, 0.05) is 16.1 Å². The number of carbonyl (C=O) groups excluding carboxylic acids is 3. The highest BCUT2D eigenvalue weighted by Gasteiger charge is 2.37. The highest BCUT2D eigenvalue weighted by Crippen LogP contribution is 2.33. The van der Waals surface area contributed by atoms with Gasteiger partial charge in [0.15, 0.2) is 0 Å². The molecule has 6 nitrogen and oxygen atoms in total. The van der Waals surface area contributed by atoms with Crippen LogP contribution in [0.15, 0.2) is 78.9 Å². The molecule has 0 saturated carbocycles. The number of benzene rings is 4. The highest BCUT2D eigenvalue weighted by molar-refractivity contribution is 6.37. The third-order valence-electron chi connectivity index (χ3n) is 5.58. The number of amides is 4. The third-order valence-corrected chi connectivity index (χ3v) is 5.82. The fraction of sp³-hybridized carbons (Fsp3) is 0.0385. The maximum Gasteiger partial charge on any atom is 0.323 e. The van der Waals surface area contributed by atoms with Crippen LogP contribution in [0.4, 0.5) is 21.9 Å². The van der Waals surface area contributed by atoms with Crippen molar-refractivity contribution in [1.29, 1.82) is 0 Å². The van der Waals surface area contributed by atoms with E-state index in [4.69, 9.17) is 11.6 Å². The Balaban J connectivity index is 1.36. The lowest BCUT2D eigenvalue weighted by Gasteiger charge is -2.18. The van der Waals surface area contributed by atoms with Gasteiger partial charge in [0.05, 0.1) is 22.5 Å². The molecule has 162 valence electrons. The zero-order valence-corrected chi connectivity index (χ0v) is 18.3. The van der Waals surface area contributed by atoms with E-state index in [9.17, 15) is 14.4 Å². The zero-order valence-electron chi connectivity index (χ0n) is 17.6. The van der Waals surface area contributed by atoms with Gasteiger partial charge in [0.1, 0.15) is 0 Å². The van der Waals surface area contributed by atoms with Crippen molar-refractivity contribution in [3.63, 3.8) is 0 Å². The van der Waals surface area contributed by atoms with Crippen molar-refractivity contribution >= 4 is 57.3 Å². The van der Waals surface area contributed by atoms with Gasteiger partial charge >= 0.3 is 6.03 Å². The van der Waals surface area contributed by atoms with Crippen molar-refractivity contribution < 1.29 is 14.4 Å². The van der Waals surface area contributed by atoms with Crippen LogP contribution in [0.3, 0.4) is 0 Å². The Morgan fingerprint density at radius 3 is 2.39 bits per heavy atom. The van der Waals surface area contributed by atoms with Crippen LogP contribution in [0.2, 0.25) is 5.02 Å². The van der Waals surface area contributed by atoms with Gasteiger partial charge < -0.3 is 10.6 Å². The lowest BCUT2D eigenvalue weighted by Crippen LogP contribution is -2.30. The molecule has 7 heteroatoms. The van der Waals surface area contributed by atoms with Crippen molar-refractivity contribution in [2.75, 3.05) is 15.5 Å². The van der Waals surface area contributed by atoms with E-state index in [1.54, 1.807) is 37.3 Å². The molecule has 0 atom stereocenters. The lowest BCUT2D eigenvalue weighted by atomic mass is 10.1. The van der Waals surface area contributed by atoms with Crippen molar-refractivity contribution in [3.8, 4) is 0 Å². The number of rotatable bonds is 3. The summed E-state index contributed by atoms with van der Waals surface area (Å²) < 4.78 is 0. The SMILES string of the molecule is Cc1cc(NC(=O)Nc2cccc3ccccc23)ccc1N1C(=O)c2ccc(Cl)cc2C1=O. The third kappa shape index (κ3) is 3.70. The highest BCUT2D eigenvalue weighted by atomic mass is 35.5. The molecule has 0 unspecified atom stereocenters. The minimum Gasteiger partial charge on any atom is -0.308 e. The number of aryl methyl sites for hydroxylation is 1. The molecule has 0 spiro atoms. The molecule has 0 bridgehead atoms. The van der Waals surface area contributed by atoms with Gasteiger partial charge in [-0.3, -0.25) is 9.59 Å². The maximum absolute atomic E-state index is 12.9. The second-order valence-corrected chi connectivity index (χ2v) is 8.18. The smallest absolute Gasteiger partial charge is 0.308 e. The van der Waals surface area contributed by atoms with Crippen molar-refractivity contribution in [2.24, 2.45) is 0 Å². The Morgan fingerprint density at radius 1 is 0.818 bits per heavy atom. The van der Waals surface area contributed by atoms with Gasteiger partial charge in [-0.1, -0.05) is 48.0 Å². The number of urea groups is 1. The van der Waals surface area contributed by atoms with Gasteiger partial charge in [-0.25, -0.2) is 9.69 Å². The zero-order chi connectivity index (χ0) is 23.1. The number of halogens is 1. The summed E-state index contributed by atoms with van der Waals surface area (Å²) in [5.74, 6) is -0.820. The fourth-order valence-corrected chi connectivity index (χ4v) is 4.21. The van der Waals surface area contributed by atoms with E-state index in [1.165, 1.54) is 6.07 Å². The molecule has 4 aromatic rings. The van der Waals surface area contributed by atoms with Gasteiger partial charge in [0.2, 0.25) is 0 Å². The quantitative estimate of drug-likeness (QED) is 0.358. The van der Waals surface area contributed by atoms with Gasteiger partial charge in [-0.2, -0.15) is 0 Å². The van der Waals surface area contributed by atoms with Crippen LogP contribution < -0.4 is 15.5 Å². The monoisotopic (exact) mass is 455 g/mol. The Kier molecular flexibility index (Phi) is 5.07. The number of carbonyl (C=O) groups is 3. The molecule has 2 N–H and O–H groups in total. The summed E-state index contributed by atoms with van der Waals surface area (Å²) in [5, 5.41) is 8.03. The van der Waals surface area contributed by atoms with Crippen LogP contribution >= 0.6 is 11.6 Å². The van der Waals surface area contributed by atoms with Crippen LogP contribution in [0, 0.1) is 6.92 Å². The second-order valence-electron chi connectivity index (χ2n) is 7.74. The Bertz CT molecular complexity index is 1460. The molecule has 4 amide bonds. The molecule has 0 fully saturated rings. The van der Waals surface area contributed by atoms with Crippen LogP contribution in [0.5, 0.6) is 0 Å². The van der Waals surface area contributed by atoms with Crippen LogP contribution in [0.1, 0.15) is 26.3 Å². The molecule has 0 radical (unpaired) electrons. The first-order valence-electron chi connectivity index (χ1n) is 10.3. The maximum atomic E-state index is 12.9. The fourth-order valence-electron chi connectivity index (χ4n) is 4.04. The first kappa shape index (κ1) is 20.7. The number of imide groups is 1. The number of nitrogens with one attached hydrogen (secondary N) is 2. The molecule has 1 aliphatic heterocycles. The van der Waals surface area contributed by atoms with Crippen LogP contribution in [-0.2, 0) is 0 Å². The Hall–Kier alpha value is -4.16. The van der Waals surface area contributed by atoms with Crippen LogP contribution in [0.25, 0.3) is 10.8 Å². The molecule has 4 aromatic carbocycles. The van der Waals surface area contributed by atoms with Crippen molar-refractivity contribution in [1.82, 2.24) is 0 Å². The van der Waals surface area contributed by atoms with E-state index >= 15 is 0 Å². The summed E-state index contributed by atoms with van der Waals surface area (Å²) >= 11 is 5.99. The minimum atomic E-state index is -0.421. The molecule has 0 saturated heterocycles. The van der Waals surface area contributed by atoms with Gasteiger partial charge in [0.25, 0.3) is 11.8 Å². The molecule has 0 aliphatic carbocycles. The average Bonchev–Trinajstić information content (AvgIpc) is 3.04. The standard InChI is InChI=1S/C26H18ClN3O3/c1-15-13-18(28-26(33)29-22-8-4-6-16-5-2-3-7-19(16)22)10-12-23(15)30-24(31)20-11-9-17(27)14-21(20)25(30)32/h2-14H,1H3,(H2,28,29,33). The Labute approximate surface area is 194 Å². The number of fused-ring (bicyclic) bond motifs is 2. The Morgan fingerprint density at radius 2 is 1.58 bits per heavy atom. The minimum absolute atomic E-state index is 0.281. The van der Waals surface area contributed by atoms with E-state index in [2.05, 4.69) is 10.6 Å². The second kappa shape index (κ2) is 8.07. The molecule has 0 aromatic heterocycles. The largest absolute Gasteiger partial charge is 0.323 e. The van der Waals surface area contributed by atoms with E-state index in [-0.39, 0.29) is 5.56 Å². The summed E-state index contributed by atoms with van der Waals surface area (Å²) in [5.41, 5.74) is 2.96. The lowest BCUT2D eigenvalue weighted by molar-refractivity contribution is 0.0926. The van der Waals surface area contributed by atoms with E-state index < -0.39 is 17.8 Å². The van der Waals surface area contributed by atoms with Crippen LogP contribution in [-0.4, -0.2) is 17.8 Å². The van der Waals surface area contributed by atoms with E-state index in [1.807, 2.05) is 42.5 Å². The number of hydrogen-bond donors (Lipinski definition) is 2. The summed E-state index contributed by atoms with van der Waals surface area (Å²) in [6.45, 7) is 1.78. The van der Waals surface area contributed by atoms with E-state index in [0.29, 0.717) is 33.2 Å².